The molecule has 19 heavy (non-hydrogen) atoms. The predicted molar refractivity (Wildman–Crippen MR) is 78.9 cm³/mol. The number of hydrogen-bond donors (Lipinski definition) is 3. The monoisotopic (exact) mass is 263 g/mol. The molecule has 0 saturated carbocycles. The first-order valence-corrected chi connectivity index (χ1v) is 7.19. The number of fused-ring (bicyclic) bond motifs is 1. The van der Waals surface area contributed by atoms with E-state index in [2.05, 4.69) is 36.3 Å². The number of aryl methyl sites for hydroxylation is 1. The van der Waals surface area contributed by atoms with Crippen LogP contribution in [-0.2, 0) is 19.4 Å². The van der Waals surface area contributed by atoms with E-state index in [0.717, 1.165) is 38.0 Å². The zero-order valence-corrected chi connectivity index (χ0v) is 11.9. The average Bonchev–Trinajstić information content (AvgIpc) is 2.45. The van der Waals surface area contributed by atoms with Crippen LogP contribution >= 0.6 is 0 Å². The van der Waals surface area contributed by atoms with Crippen LogP contribution in [0.4, 0.5) is 5.69 Å². The van der Waals surface area contributed by atoms with Crippen LogP contribution in [0.3, 0.4) is 0 Å². The van der Waals surface area contributed by atoms with E-state index in [0.29, 0.717) is 6.04 Å². The Morgan fingerprint density at radius 1 is 1.37 bits per heavy atom. The summed E-state index contributed by atoms with van der Waals surface area (Å²) in [6.07, 6.45) is 3.13. The fourth-order valence-corrected chi connectivity index (χ4v) is 3.03. The molecule has 1 atom stereocenters. The van der Waals surface area contributed by atoms with E-state index in [1.165, 1.54) is 16.7 Å². The lowest BCUT2D eigenvalue weighted by Crippen LogP contribution is -2.41. The lowest BCUT2D eigenvalue weighted by Gasteiger charge is -2.36. The van der Waals surface area contributed by atoms with Gasteiger partial charge in [-0.25, -0.2) is 0 Å². The van der Waals surface area contributed by atoms with Gasteiger partial charge in [-0.3, -0.25) is 10.7 Å². The molecule has 4 heteroatoms. The number of aliphatic hydroxyl groups excluding tert-OH is 1. The normalized spacial score (nSPS) is 19.3. The topological polar surface area (TPSA) is 61.5 Å². The Morgan fingerprint density at radius 2 is 2.16 bits per heavy atom. The molecule has 1 heterocycles. The van der Waals surface area contributed by atoms with E-state index in [-0.39, 0.29) is 6.61 Å². The second kappa shape index (κ2) is 6.37. The van der Waals surface area contributed by atoms with Crippen molar-refractivity contribution >= 4 is 5.69 Å². The minimum atomic E-state index is 0.231. The second-order valence-corrected chi connectivity index (χ2v) is 5.24. The molecular weight excluding hydrogens is 238 g/mol. The van der Waals surface area contributed by atoms with E-state index >= 15 is 0 Å². The number of rotatable bonds is 5. The minimum Gasteiger partial charge on any atom is -0.395 e. The van der Waals surface area contributed by atoms with Gasteiger partial charge in [0.05, 0.1) is 12.3 Å². The van der Waals surface area contributed by atoms with E-state index in [9.17, 15) is 5.11 Å². The third kappa shape index (κ3) is 2.91. The van der Waals surface area contributed by atoms with Crippen LogP contribution in [0.2, 0.25) is 0 Å². The van der Waals surface area contributed by atoms with Gasteiger partial charge < -0.3 is 10.5 Å². The Hall–Kier alpha value is -1.10. The van der Waals surface area contributed by atoms with E-state index in [4.69, 9.17) is 5.84 Å². The highest BCUT2D eigenvalue weighted by atomic mass is 16.3. The number of nitrogens with one attached hydrogen (secondary N) is 1. The van der Waals surface area contributed by atoms with Gasteiger partial charge in [-0.2, -0.15) is 0 Å². The molecule has 0 spiro atoms. The zero-order chi connectivity index (χ0) is 13.8. The Morgan fingerprint density at radius 3 is 2.74 bits per heavy atom. The van der Waals surface area contributed by atoms with Crippen LogP contribution in [0, 0.1) is 0 Å². The molecule has 4 N–H and O–H groups in total. The van der Waals surface area contributed by atoms with Crippen LogP contribution in [0.1, 0.15) is 37.0 Å². The molecule has 1 aromatic carbocycles. The van der Waals surface area contributed by atoms with E-state index in [1.807, 2.05) is 0 Å². The smallest absolute Gasteiger partial charge is 0.0558 e. The van der Waals surface area contributed by atoms with E-state index in [1.54, 1.807) is 0 Å². The van der Waals surface area contributed by atoms with Crippen LogP contribution in [-0.4, -0.2) is 29.2 Å². The molecular formula is C15H25N3O. The number of nitrogen functional groups attached to an aromatic ring is 1. The molecule has 1 aromatic rings. The van der Waals surface area contributed by atoms with Gasteiger partial charge in [-0.1, -0.05) is 19.9 Å². The van der Waals surface area contributed by atoms with Crippen molar-refractivity contribution in [2.45, 2.75) is 45.7 Å². The van der Waals surface area contributed by atoms with Crippen molar-refractivity contribution in [3.05, 3.63) is 28.8 Å². The molecule has 1 aliphatic heterocycles. The number of hydrazine groups is 1. The van der Waals surface area contributed by atoms with Crippen molar-refractivity contribution in [1.29, 1.82) is 0 Å². The largest absolute Gasteiger partial charge is 0.395 e. The number of β-amino-alcohol motifs (C(OH)–C–C–N with tert-alkyl or cyclic N) is 1. The van der Waals surface area contributed by atoms with Crippen molar-refractivity contribution < 1.29 is 5.11 Å². The third-order valence-electron chi connectivity index (χ3n) is 4.17. The standard InChI is InChI=1S/C15H25N3O/c1-3-11-7-13-10-18(5-6-19)14(4-2)8-12(13)9-15(11)17-16/h7,9,14,17,19H,3-6,8,10,16H2,1-2H3. The lowest BCUT2D eigenvalue weighted by molar-refractivity contribution is 0.129. The van der Waals surface area contributed by atoms with Crippen molar-refractivity contribution in [2.75, 3.05) is 18.6 Å². The van der Waals surface area contributed by atoms with Gasteiger partial charge in [0, 0.05) is 19.1 Å². The molecule has 1 unspecified atom stereocenters. The van der Waals surface area contributed by atoms with Gasteiger partial charge in [0.25, 0.3) is 0 Å². The molecule has 0 saturated heterocycles. The Balaban J connectivity index is 2.32. The van der Waals surface area contributed by atoms with Crippen molar-refractivity contribution in [3.63, 3.8) is 0 Å². The summed E-state index contributed by atoms with van der Waals surface area (Å²) in [6.45, 7) is 6.28. The number of nitrogens with two attached hydrogens (primary N) is 1. The fourth-order valence-electron chi connectivity index (χ4n) is 3.03. The summed E-state index contributed by atoms with van der Waals surface area (Å²) in [6, 6.07) is 4.99. The summed E-state index contributed by atoms with van der Waals surface area (Å²) in [5.74, 6) is 5.61. The highest BCUT2D eigenvalue weighted by Crippen LogP contribution is 2.29. The number of hydrogen-bond acceptors (Lipinski definition) is 4. The summed E-state index contributed by atoms with van der Waals surface area (Å²) in [5.41, 5.74) is 7.90. The first kappa shape index (κ1) is 14.3. The predicted octanol–water partition coefficient (Wildman–Crippen LogP) is 1.66. The summed E-state index contributed by atoms with van der Waals surface area (Å²) in [5, 5.41) is 9.19. The fraction of sp³-hybridized carbons (Fsp3) is 0.600. The molecule has 1 aliphatic rings. The SMILES string of the molecule is CCc1cc2c(cc1NN)CC(CC)N(CCO)C2. The Kier molecular flexibility index (Phi) is 4.80. The zero-order valence-electron chi connectivity index (χ0n) is 11.9. The molecule has 0 bridgehead atoms. The van der Waals surface area contributed by atoms with E-state index < -0.39 is 0 Å². The van der Waals surface area contributed by atoms with Gasteiger partial charge >= 0.3 is 0 Å². The highest BCUT2D eigenvalue weighted by molar-refractivity contribution is 5.55. The number of benzene rings is 1. The number of anilines is 1. The summed E-state index contributed by atoms with van der Waals surface area (Å²) in [7, 11) is 0. The van der Waals surface area contributed by atoms with Gasteiger partial charge in [0.2, 0.25) is 0 Å². The van der Waals surface area contributed by atoms with Gasteiger partial charge in [-0.05, 0) is 42.0 Å². The average molecular weight is 263 g/mol. The second-order valence-electron chi connectivity index (χ2n) is 5.24. The maximum Gasteiger partial charge on any atom is 0.0558 e. The van der Waals surface area contributed by atoms with Crippen molar-refractivity contribution in [2.24, 2.45) is 5.84 Å². The molecule has 0 aliphatic carbocycles. The molecule has 0 amide bonds. The molecule has 0 fully saturated rings. The number of aliphatic hydroxyl groups is 1. The first-order valence-electron chi connectivity index (χ1n) is 7.19. The maximum absolute atomic E-state index is 9.19. The Bertz CT molecular complexity index is 434. The summed E-state index contributed by atoms with van der Waals surface area (Å²) < 4.78 is 0. The van der Waals surface area contributed by atoms with Crippen molar-refractivity contribution in [3.8, 4) is 0 Å². The maximum atomic E-state index is 9.19. The third-order valence-corrected chi connectivity index (χ3v) is 4.17. The molecule has 0 aromatic heterocycles. The Labute approximate surface area is 115 Å². The molecule has 106 valence electrons. The first-order chi connectivity index (χ1) is 9.23. The quantitative estimate of drug-likeness (QED) is 0.558. The van der Waals surface area contributed by atoms with Gasteiger partial charge in [0.1, 0.15) is 0 Å². The van der Waals surface area contributed by atoms with Crippen LogP contribution < -0.4 is 11.3 Å². The highest BCUT2D eigenvalue weighted by Gasteiger charge is 2.25. The van der Waals surface area contributed by atoms with Crippen molar-refractivity contribution in [1.82, 2.24) is 4.90 Å². The van der Waals surface area contributed by atoms with Crippen LogP contribution in [0.25, 0.3) is 0 Å². The van der Waals surface area contributed by atoms with Crippen LogP contribution in [0.15, 0.2) is 12.1 Å². The van der Waals surface area contributed by atoms with Gasteiger partial charge in [0.15, 0.2) is 0 Å². The minimum absolute atomic E-state index is 0.231. The molecule has 0 radical (unpaired) electrons. The van der Waals surface area contributed by atoms with Crippen LogP contribution in [0.5, 0.6) is 0 Å². The number of nitrogens with zero attached hydrogens (tertiary/aromatic N) is 1. The lowest BCUT2D eigenvalue weighted by atomic mass is 9.90. The molecule has 2 rings (SSSR count). The summed E-state index contributed by atoms with van der Waals surface area (Å²) in [4.78, 5) is 2.39. The summed E-state index contributed by atoms with van der Waals surface area (Å²) >= 11 is 0. The van der Waals surface area contributed by atoms with Gasteiger partial charge in [-0.15, -0.1) is 0 Å². The molecule has 4 nitrogen and oxygen atoms in total.